The van der Waals surface area contributed by atoms with Gasteiger partial charge in [0, 0.05) is 17.4 Å². The van der Waals surface area contributed by atoms with Crippen LogP contribution in [0, 0.1) is 6.92 Å². The fraction of sp³-hybridized carbons (Fsp3) is 0.250. The van der Waals surface area contributed by atoms with Gasteiger partial charge in [-0.05, 0) is 31.4 Å². The second-order valence-electron chi connectivity index (χ2n) is 7.54. The lowest BCUT2D eigenvalue weighted by molar-refractivity contribution is -0.141. The van der Waals surface area contributed by atoms with Gasteiger partial charge in [-0.1, -0.05) is 54.1 Å². The molecule has 0 aliphatic carbocycles. The van der Waals surface area contributed by atoms with Gasteiger partial charge in [0.2, 0.25) is 0 Å². The standard InChI is InChI=1S/C24H23NO4/c1-16-10-11-21-20(14-16)24(28,15-17(2)26)23(27)25(21)12-13-29-22-9-5-7-18-6-3-4-8-19(18)22/h3-11,14,28H,12-13,15H2,1-2H3/t24-/m1/s1. The van der Waals surface area contributed by atoms with Crippen molar-refractivity contribution in [3.8, 4) is 5.75 Å². The fourth-order valence-corrected chi connectivity index (χ4v) is 3.99. The fourth-order valence-electron chi connectivity index (χ4n) is 3.99. The highest BCUT2D eigenvalue weighted by Gasteiger charge is 2.50. The minimum atomic E-state index is -1.81. The van der Waals surface area contributed by atoms with E-state index in [1.54, 1.807) is 6.07 Å². The third kappa shape index (κ3) is 3.38. The smallest absolute Gasteiger partial charge is 0.264 e. The Labute approximate surface area is 169 Å². The Kier molecular flexibility index (Phi) is 4.84. The van der Waals surface area contributed by atoms with Gasteiger partial charge in [0.15, 0.2) is 5.60 Å². The summed E-state index contributed by atoms with van der Waals surface area (Å²) in [5.41, 5.74) is 0.230. The van der Waals surface area contributed by atoms with Gasteiger partial charge in [0.05, 0.1) is 12.2 Å². The van der Waals surface area contributed by atoms with Gasteiger partial charge in [-0.3, -0.25) is 9.59 Å². The van der Waals surface area contributed by atoms with Crippen LogP contribution in [0.3, 0.4) is 0 Å². The Morgan fingerprint density at radius 2 is 1.86 bits per heavy atom. The zero-order valence-corrected chi connectivity index (χ0v) is 16.5. The highest BCUT2D eigenvalue weighted by atomic mass is 16.5. The summed E-state index contributed by atoms with van der Waals surface area (Å²) in [6, 6.07) is 19.3. The molecule has 3 aromatic rings. The van der Waals surface area contributed by atoms with Gasteiger partial charge in [-0.25, -0.2) is 0 Å². The maximum atomic E-state index is 13.1. The molecule has 1 N–H and O–H groups in total. The van der Waals surface area contributed by atoms with Crippen molar-refractivity contribution in [1.82, 2.24) is 0 Å². The summed E-state index contributed by atoms with van der Waals surface area (Å²) in [6.45, 7) is 3.82. The van der Waals surface area contributed by atoms with Gasteiger partial charge >= 0.3 is 0 Å². The number of nitrogens with zero attached hydrogens (tertiary/aromatic N) is 1. The van der Waals surface area contributed by atoms with E-state index in [0.29, 0.717) is 11.3 Å². The monoisotopic (exact) mass is 389 g/mol. The summed E-state index contributed by atoms with van der Waals surface area (Å²) in [6.07, 6.45) is -0.233. The lowest BCUT2D eigenvalue weighted by atomic mass is 9.89. The summed E-state index contributed by atoms with van der Waals surface area (Å²) in [5, 5.41) is 13.2. The number of anilines is 1. The largest absolute Gasteiger partial charge is 0.491 e. The number of ketones is 1. The number of hydrogen-bond acceptors (Lipinski definition) is 4. The predicted molar refractivity (Wildman–Crippen MR) is 112 cm³/mol. The van der Waals surface area contributed by atoms with Crippen LogP contribution < -0.4 is 9.64 Å². The first-order chi connectivity index (χ1) is 13.9. The molecule has 0 bridgehead atoms. The molecule has 0 saturated heterocycles. The van der Waals surface area contributed by atoms with E-state index in [1.807, 2.05) is 61.5 Å². The first-order valence-electron chi connectivity index (χ1n) is 9.65. The number of amides is 1. The topological polar surface area (TPSA) is 66.8 Å². The molecule has 1 amide bonds. The quantitative estimate of drug-likeness (QED) is 0.697. The highest BCUT2D eigenvalue weighted by molar-refractivity contribution is 6.08. The minimum Gasteiger partial charge on any atom is -0.491 e. The number of fused-ring (bicyclic) bond motifs is 2. The van der Waals surface area contributed by atoms with E-state index >= 15 is 0 Å². The van der Waals surface area contributed by atoms with Crippen molar-refractivity contribution in [3.63, 3.8) is 0 Å². The Morgan fingerprint density at radius 1 is 1.10 bits per heavy atom. The highest BCUT2D eigenvalue weighted by Crippen LogP contribution is 2.42. The first-order valence-corrected chi connectivity index (χ1v) is 9.65. The lowest BCUT2D eigenvalue weighted by Gasteiger charge is -2.22. The average Bonchev–Trinajstić information content (AvgIpc) is 2.89. The van der Waals surface area contributed by atoms with Crippen molar-refractivity contribution < 1.29 is 19.4 Å². The third-order valence-corrected chi connectivity index (χ3v) is 5.31. The van der Waals surface area contributed by atoms with Crippen LogP contribution in [0.15, 0.2) is 60.7 Å². The third-order valence-electron chi connectivity index (χ3n) is 5.31. The summed E-state index contributed by atoms with van der Waals surface area (Å²) in [7, 11) is 0. The van der Waals surface area contributed by atoms with Crippen LogP contribution in [0.4, 0.5) is 5.69 Å². The van der Waals surface area contributed by atoms with Crippen LogP contribution in [0.2, 0.25) is 0 Å². The zero-order valence-electron chi connectivity index (χ0n) is 16.5. The molecule has 0 saturated carbocycles. The molecule has 0 aromatic heterocycles. The summed E-state index contributed by atoms with van der Waals surface area (Å²) in [5.74, 6) is 0.0369. The maximum absolute atomic E-state index is 13.1. The first kappa shape index (κ1) is 19.2. The number of aliphatic hydroxyl groups is 1. The average molecular weight is 389 g/mol. The molecule has 1 atom stereocenters. The summed E-state index contributed by atoms with van der Waals surface area (Å²) in [4.78, 5) is 26.3. The Balaban J connectivity index is 1.57. The molecule has 0 radical (unpaired) electrons. The molecule has 0 fully saturated rings. The summed E-state index contributed by atoms with van der Waals surface area (Å²) < 4.78 is 5.98. The number of Topliss-reactive ketones (excluding diaryl/α,β-unsaturated/α-hetero) is 1. The molecule has 5 heteroatoms. The zero-order chi connectivity index (χ0) is 20.6. The summed E-state index contributed by atoms with van der Waals surface area (Å²) >= 11 is 0. The van der Waals surface area contributed by atoms with Crippen molar-refractivity contribution in [3.05, 3.63) is 71.8 Å². The van der Waals surface area contributed by atoms with Crippen molar-refractivity contribution in [2.45, 2.75) is 25.9 Å². The molecule has 0 spiro atoms. The molecule has 1 aliphatic rings. The Bertz CT molecular complexity index is 1100. The van der Waals surface area contributed by atoms with Crippen molar-refractivity contribution in [2.75, 3.05) is 18.1 Å². The maximum Gasteiger partial charge on any atom is 0.264 e. The van der Waals surface area contributed by atoms with E-state index in [9.17, 15) is 14.7 Å². The number of carbonyl (C=O) groups is 2. The number of ether oxygens (including phenoxy) is 1. The van der Waals surface area contributed by atoms with Gasteiger partial charge < -0.3 is 14.7 Å². The minimum absolute atomic E-state index is 0.233. The molecule has 29 heavy (non-hydrogen) atoms. The van der Waals surface area contributed by atoms with E-state index in [0.717, 1.165) is 22.1 Å². The number of hydrogen-bond donors (Lipinski definition) is 1. The van der Waals surface area contributed by atoms with Gasteiger partial charge in [-0.15, -0.1) is 0 Å². The Morgan fingerprint density at radius 3 is 2.66 bits per heavy atom. The van der Waals surface area contributed by atoms with E-state index < -0.39 is 11.5 Å². The van der Waals surface area contributed by atoms with Crippen LogP contribution in [0.25, 0.3) is 10.8 Å². The lowest BCUT2D eigenvalue weighted by Crippen LogP contribution is -2.43. The van der Waals surface area contributed by atoms with Crippen molar-refractivity contribution in [2.24, 2.45) is 0 Å². The van der Waals surface area contributed by atoms with E-state index in [2.05, 4.69) is 0 Å². The molecule has 4 rings (SSSR count). The molecule has 5 nitrogen and oxygen atoms in total. The molecular formula is C24H23NO4. The predicted octanol–water partition coefficient (Wildman–Crippen LogP) is 3.74. The SMILES string of the molecule is CC(=O)C[C@]1(O)C(=O)N(CCOc2cccc3ccccc23)c2ccc(C)cc21. The van der Waals surface area contributed by atoms with Crippen LogP contribution in [-0.4, -0.2) is 29.9 Å². The number of carbonyl (C=O) groups excluding carboxylic acids is 2. The van der Waals surface area contributed by atoms with Gasteiger partial charge in [0.25, 0.3) is 5.91 Å². The molecule has 1 aliphatic heterocycles. The number of aryl methyl sites for hydroxylation is 1. The molecular weight excluding hydrogens is 366 g/mol. The molecule has 1 heterocycles. The second kappa shape index (κ2) is 7.33. The number of rotatable bonds is 6. The molecule has 3 aromatic carbocycles. The van der Waals surface area contributed by atoms with E-state index in [1.165, 1.54) is 11.8 Å². The molecule has 0 unspecified atom stereocenters. The second-order valence-corrected chi connectivity index (χ2v) is 7.54. The Hall–Kier alpha value is -3.18. The van der Waals surface area contributed by atoms with E-state index in [-0.39, 0.29) is 25.4 Å². The van der Waals surface area contributed by atoms with Crippen LogP contribution in [0.1, 0.15) is 24.5 Å². The van der Waals surface area contributed by atoms with Crippen molar-refractivity contribution >= 4 is 28.2 Å². The van der Waals surface area contributed by atoms with Gasteiger partial charge in [0.1, 0.15) is 18.1 Å². The van der Waals surface area contributed by atoms with Gasteiger partial charge in [-0.2, -0.15) is 0 Å². The van der Waals surface area contributed by atoms with Crippen LogP contribution in [0.5, 0.6) is 5.75 Å². The molecule has 148 valence electrons. The normalized spacial score (nSPS) is 18.2. The van der Waals surface area contributed by atoms with Crippen molar-refractivity contribution in [1.29, 1.82) is 0 Å². The number of benzene rings is 3. The van der Waals surface area contributed by atoms with Crippen LogP contribution >= 0.6 is 0 Å². The van der Waals surface area contributed by atoms with Crippen LogP contribution in [-0.2, 0) is 15.2 Å². The van der Waals surface area contributed by atoms with E-state index in [4.69, 9.17) is 4.74 Å².